The molecule has 0 bridgehead atoms. The van der Waals surface area contributed by atoms with Crippen LogP contribution in [-0.2, 0) is 9.59 Å². The Morgan fingerprint density at radius 1 is 0.833 bits per heavy atom. The lowest BCUT2D eigenvalue weighted by Crippen LogP contribution is -2.70. The molecule has 0 aromatic heterocycles. The van der Waals surface area contributed by atoms with Gasteiger partial charge in [0.2, 0.25) is 0 Å². The van der Waals surface area contributed by atoms with Gasteiger partial charge in [0.1, 0.15) is 11.7 Å². The molecule has 5 aliphatic rings. The molecule has 0 saturated heterocycles. The summed E-state index contributed by atoms with van der Waals surface area (Å²) in [6.45, 7) is 14.5. The van der Waals surface area contributed by atoms with E-state index in [1.54, 1.807) is 0 Å². The summed E-state index contributed by atoms with van der Waals surface area (Å²) >= 11 is 0. The van der Waals surface area contributed by atoms with Gasteiger partial charge < -0.3 is 20.1 Å². The van der Waals surface area contributed by atoms with Gasteiger partial charge in [-0.2, -0.15) is 0 Å². The van der Waals surface area contributed by atoms with Crippen LogP contribution in [0.5, 0.6) is 0 Å². The number of carbonyl (C=O) groups is 2. The summed E-state index contributed by atoms with van der Waals surface area (Å²) in [5.41, 5.74) is -1.84. The van der Waals surface area contributed by atoms with E-state index in [4.69, 9.17) is 0 Å². The maximum atomic E-state index is 12.9. The smallest absolute Gasteiger partial charge is 0.317 e. The second-order valence-corrected chi connectivity index (χ2v) is 15.1. The molecule has 5 rings (SSSR count). The SMILES string of the molecule is C[C@@H]1[C@H]2[C@H]3CC[C@@H]4[C@]5(C)[C@@H](CC[C@@]4(C)[C@]3(C)CC[C@@]2(C)CC[C@H]1C)C(C(O)O)CCC5(C=O)C(=O)O. The number of aliphatic carboxylic acids is 1. The predicted octanol–water partition coefficient (Wildman–Crippen LogP) is 5.91. The molecule has 5 nitrogen and oxygen atoms in total. The number of carboxylic acid groups (broad SMARTS) is 1. The largest absolute Gasteiger partial charge is 0.480 e. The predicted molar refractivity (Wildman–Crippen MR) is 139 cm³/mol. The molecule has 5 aliphatic carbocycles. The minimum Gasteiger partial charge on any atom is -0.480 e. The molecular weight excluding hydrogens is 452 g/mol. The summed E-state index contributed by atoms with van der Waals surface area (Å²) in [7, 11) is 0. The standard InChI is InChI=1S/C31H50O5/c1-18-9-12-27(3)15-16-28(4)22(24(27)19(18)2)7-8-23-29(28,5)13-11-21-20(25(33)34)10-14-31(17-32,26(35)36)30(21,23)6/h17-25,33-34H,7-16H2,1-6H3,(H,35,36)/t18-,19+,20?,21+,22-,23+,24+,27-,28-,29-,30+,31?/m1/s1. The Labute approximate surface area is 217 Å². The monoisotopic (exact) mass is 502 g/mol. The highest BCUT2D eigenvalue weighted by molar-refractivity contribution is 5.93. The molecule has 0 heterocycles. The van der Waals surface area contributed by atoms with Gasteiger partial charge in [-0.1, -0.05) is 41.5 Å². The van der Waals surface area contributed by atoms with Gasteiger partial charge >= 0.3 is 5.97 Å². The Morgan fingerprint density at radius 3 is 2.14 bits per heavy atom. The van der Waals surface area contributed by atoms with E-state index < -0.39 is 23.1 Å². The van der Waals surface area contributed by atoms with Gasteiger partial charge in [-0.3, -0.25) is 4.79 Å². The molecule has 5 fully saturated rings. The Bertz CT molecular complexity index is 917. The molecule has 0 aromatic rings. The van der Waals surface area contributed by atoms with Gasteiger partial charge in [-0.15, -0.1) is 0 Å². The van der Waals surface area contributed by atoms with Gasteiger partial charge in [0.25, 0.3) is 0 Å². The van der Waals surface area contributed by atoms with E-state index in [9.17, 15) is 24.9 Å². The fourth-order valence-electron chi connectivity index (χ4n) is 12.0. The number of aldehydes is 1. The van der Waals surface area contributed by atoms with E-state index in [0.717, 1.165) is 37.9 Å². The molecule has 36 heavy (non-hydrogen) atoms. The minimum absolute atomic E-state index is 0.0745. The van der Waals surface area contributed by atoms with Crippen LogP contribution in [0.2, 0.25) is 0 Å². The second kappa shape index (κ2) is 8.28. The molecule has 5 saturated carbocycles. The first-order valence-corrected chi connectivity index (χ1v) is 14.8. The molecule has 0 aromatic carbocycles. The first kappa shape index (κ1) is 26.7. The second-order valence-electron chi connectivity index (χ2n) is 15.1. The van der Waals surface area contributed by atoms with Crippen LogP contribution in [0.4, 0.5) is 0 Å². The fourth-order valence-corrected chi connectivity index (χ4v) is 12.0. The lowest BCUT2D eigenvalue weighted by molar-refractivity contribution is -0.274. The molecule has 12 atom stereocenters. The topological polar surface area (TPSA) is 94.8 Å². The summed E-state index contributed by atoms with van der Waals surface area (Å²) < 4.78 is 0. The van der Waals surface area contributed by atoms with Crippen LogP contribution < -0.4 is 0 Å². The summed E-state index contributed by atoms with van der Waals surface area (Å²) in [5, 5.41) is 31.3. The van der Waals surface area contributed by atoms with Crippen LogP contribution in [-0.4, -0.2) is 33.9 Å². The summed E-state index contributed by atoms with van der Waals surface area (Å²) in [4.78, 5) is 25.7. The van der Waals surface area contributed by atoms with Crippen LogP contribution in [0.25, 0.3) is 0 Å². The average Bonchev–Trinajstić information content (AvgIpc) is 2.81. The van der Waals surface area contributed by atoms with Crippen molar-refractivity contribution >= 4 is 12.3 Å². The lowest BCUT2D eigenvalue weighted by Gasteiger charge is -2.74. The third kappa shape index (κ3) is 3.02. The van der Waals surface area contributed by atoms with Gasteiger partial charge in [0, 0.05) is 5.92 Å². The maximum Gasteiger partial charge on any atom is 0.317 e. The van der Waals surface area contributed by atoms with Crippen molar-refractivity contribution in [2.75, 3.05) is 0 Å². The van der Waals surface area contributed by atoms with Crippen molar-refractivity contribution < 1.29 is 24.9 Å². The number of hydrogen-bond donors (Lipinski definition) is 3. The molecule has 204 valence electrons. The molecule has 5 heteroatoms. The molecule has 0 spiro atoms. The molecule has 0 aliphatic heterocycles. The Hall–Kier alpha value is -0.940. The van der Waals surface area contributed by atoms with Crippen LogP contribution >= 0.6 is 0 Å². The molecular formula is C31H50O5. The zero-order chi connectivity index (χ0) is 26.5. The van der Waals surface area contributed by atoms with Crippen LogP contribution in [0.15, 0.2) is 0 Å². The van der Waals surface area contributed by atoms with E-state index in [0.29, 0.717) is 29.6 Å². The lowest BCUT2D eigenvalue weighted by atomic mass is 9.29. The zero-order valence-corrected chi connectivity index (χ0v) is 23.4. The van der Waals surface area contributed by atoms with E-state index in [1.807, 2.05) is 0 Å². The minimum atomic E-state index is -1.47. The van der Waals surface area contributed by atoms with Crippen molar-refractivity contribution in [1.29, 1.82) is 0 Å². The van der Waals surface area contributed by atoms with Gasteiger partial charge in [0.15, 0.2) is 6.29 Å². The van der Waals surface area contributed by atoms with Crippen molar-refractivity contribution in [1.82, 2.24) is 0 Å². The molecule has 2 unspecified atom stereocenters. The third-order valence-corrected chi connectivity index (χ3v) is 14.5. The number of hydrogen-bond acceptors (Lipinski definition) is 4. The molecule has 0 amide bonds. The third-order valence-electron chi connectivity index (χ3n) is 14.5. The summed E-state index contributed by atoms with van der Waals surface area (Å²) in [6, 6.07) is 0. The Balaban J connectivity index is 1.62. The average molecular weight is 503 g/mol. The van der Waals surface area contributed by atoms with Crippen molar-refractivity contribution in [3.05, 3.63) is 0 Å². The van der Waals surface area contributed by atoms with Gasteiger partial charge in [-0.25, -0.2) is 0 Å². The quantitative estimate of drug-likeness (QED) is 0.253. The molecule has 0 radical (unpaired) electrons. The van der Waals surface area contributed by atoms with E-state index in [1.165, 1.54) is 25.7 Å². The maximum absolute atomic E-state index is 12.9. The highest BCUT2D eigenvalue weighted by atomic mass is 16.5. The number of carboxylic acids is 1. The van der Waals surface area contributed by atoms with Crippen LogP contribution in [0.1, 0.15) is 106 Å². The van der Waals surface area contributed by atoms with Crippen molar-refractivity contribution in [3.63, 3.8) is 0 Å². The number of carbonyl (C=O) groups excluding carboxylic acids is 1. The van der Waals surface area contributed by atoms with Gasteiger partial charge in [-0.05, 0) is 121 Å². The zero-order valence-electron chi connectivity index (χ0n) is 23.4. The Kier molecular flexibility index (Phi) is 6.13. The molecule has 3 N–H and O–H groups in total. The van der Waals surface area contributed by atoms with E-state index in [-0.39, 0.29) is 35.0 Å². The first-order chi connectivity index (χ1) is 16.7. The number of aliphatic hydroxyl groups excluding tert-OH is 1. The highest BCUT2D eigenvalue weighted by Crippen LogP contribution is 2.78. The number of rotatable bonds is 3. The summed E-state index contributed by atoms with van der Waals surface area (Å²) in [6.07, 6.45) is 8.68. The van der Waals surface area contributed by atoms with Crippen LogP contribution in [0.3, 0.4) is 0 Å². The van der Waals surface area contributed by atoms with E-state index >= 15 is 0 Å². The summed E-state index contributed by atoms with van der Waals surface area (Å²) in [5.74, 6) is 1.26. The van der Waals surface area contributed by atoms with Gasteiger partial charge in [0.05, 0.1) is 0 Å². The van der Waals surface area contributed by atoms with Crippen molar-refractivity contribution in [2.24, 2.45) is 68.5 Å². The normalized spacial score (nSPS) is 56.6. The number of fused-ring (bicyclic) bond motifs is 7. The van der Waals surface area contributed by atoms with Crippen molar-refractivity contribution in [3.8, 4) is 0 Å². The Morgan fingerprint density at radius 2 is 1.53 bits per heavy atom. The number of aliphatic hydroxyl groups is 2. The highest BCUT2D eigenvalue weighted by Gasteiger charge is 2.74. The van der Waals surface area contributed by atoms with Crippen molar-refractivity contribution in [2.45, 2.75) is 112 Å². The van der Waals surface area contributed by atoms with Crippen LogP contribution in [0, 0.1) is 68.5 Å². The fraction of sp³-hybridized carbons (Fsp3) is 0.935. The van der Waals surface area contributed by atoms with E-state index in [2.05, 4.69) is 41.5 Å². The first-order valence-electron chi connectivity index (χ1n) is 14.8.